The summed E-state index contributed by atoms with van der Waals surface area (Å²) in [6.07, 6.45) is 0.814. The van der Waals surface area contributed by atoms with Gasteiger partial charge in [-0.25, -0.2) is 0 Å². The van der Waals surface area contributed by atoms with Gasteiger partial charge in [0.05, 0.1) is 24.2 Å². The number of nitrogens with zero attached hydrogens (tertiary/aromatic N) is 2. The molecule has 1 fully saturated rings. The average Bonchev–Trinajstić information content (AvgIpc) is 2.74. The summed E-state index contributed by atoms with van der Waals surface area (Å²) in [7, 11) is 1.47. The predicted octanol–water partition coefficient (Wildman–Crippen LogP) is 1.59. The lowest BCUT2D eigenvalue weighted by molar-refractivity contribution is -0.384. The van der Waals surface area contributed by atoms with Crippen molar-refractivity contribution in [2.24, 2.45) is 0 Å². The Morgan fingerprint density at radius 3 is 2.94 bits per heavy atom. The zero-order valence-corrected chi connectivity index (χ0v) is 10.3. The average molecular weight is 253 g/mol. The summed E-state index contributed by atoms with van der Waals surface area (Å²) in [6.45, 7) is 2.58. The van der Waals surface area contributed by atoms with Gasteiger partial charge in [-0.3, -0.25) is 10.1 Å². The fourth-order valence-electron chi connectivity index (χ4n) is 1.90. The lowest BCUT2D eigenvalue weighted by Crippen LogP contribution is -2.27. The van der Waals surface area contributed by atoms with E-state index in [9.17, 15) is 10.1 Å². The Morgan fingerprint density at radius 1 is 1.61 bits per heavy atom. The van der Waals surface area contributed by atoms with Crippen LogP contribution in [0.4, 0.5) is 11.5 Å². The number of rotatable bonds is 4. The summed E-state index contributed by atoms with van der Waals surface area (Å²) >= 11 is 0. The normalized spacial score (nSPS) is 22.8. The van der Waals surface area contributed by atoms with Crippen molar-refractivity contribution in [3.8, 4) is 5.88 Å². The van der Waals surface area contributed by atoms with Crippen molar-refractivity contribution in [1.29, 1.82) is 0 Å². The first-order valence-corrected chi connectivity index (χ1v) is 5.69. The van der Waals surface area contributed by atoms with Gasteiger partial charge in [0.15, 0.2) is 0 Å². The van der Waals surface area contributed by atoms with E-state index in [1.54, 1.807) is 0 Å². The van der Waals surface area contributed by atoms with Crippen LogP contribution in [0.3, 0.4) is 0 Å². The van der Waals surface area contributed by atoms with Crippen LogP contribution in [-0.4, -0.2) is 35.8 Å². The molecule has 2 heterocycles. The minimum Gasteiger partial charge on any atom is -0.481 e. The van der Waals surface area contributed by atoms with Gasteiger partial charge in [0.2, 0.25) is 11.7 Å². The molecule has 98 valence electrons. The quantitative estimate of drug-likeness (QED) is 0.647. The van der Waals surface area contributed by atoms with Crippen molar-refractivity contribution in [3.05, 3.63) is 22.2 Å². The summed E-state index contributed by atoms with van der Waals surface area (Å²) < 4.78 is 10.4. The van der Waals surface area contributed by atoms with E-state index >= 15 is 0 Å². The highest BCUT2D eigenvalue weighted by Gasteiger charge is 2.27. The number of anilines is 1. The molecule has 0 aromatic carbocycles. The van der Waals surface area contributed by atoms with Crippen LogP contribution in [-0.2, 0) is 4.74 Å². The molecule has 7 nitrogen and oxygen atoms in total. The van der Waals surface area contributed by atoms with Crippen LogP contribution in [0.2, 0.25) is 0 Å². The Bertz CT molecular complexity index is 452. The van der Waals surface area contributed by atoms with E-state index in [0.717, 1.165) is 6.42 Å². The monoisotopic (exact) mass is 253 g/mol. The van der Waals surface area contributed by atoms with E-state index in [1.165, 1.54) is 19.2 Å². The highest BCUT2D eigenvalue weighted by atomic mass is 16.6. The van der Waals surface area contributed by atoms with E-state index in [4.69, 9.17) is 9.47 Å². The van der Waals surface area contributed by atoms with E-state index < -0.39 is 4.92 Å². The summed E-state index contributed by atoms with van der Waals surface area (Å²) in [6, 6.07) is 2.88. The molecule has 2 atom stereocenters. The maximum atomic E-state index is 10.9. The first-order chi connectivity index (χ1) is 8.61. The van der Waals surface area contributed by atoms with Gasteiger partial charge in [-0.05, 0) is 13.3 Å². The second-order valence-corrected chi connectivity index (χ2v) is 4.09. The fourth-order valence-corrected chi connectivity index (χ4v) is 1.90. The highest BCUT2D eigenvalue weighted by molar-refractivity contribution is 5.57. The Morgan fingerprint density at radius 2 is 2.39 bits per heavy atom. The predicted molar refractivity (Wildman–Crippen MR) is 64.9 cm³/mol. The number of ether oxygens (including phenoxy) is 2. The molecular formula is C11H15N3O4. The molecule has 2 unspecified atom stereocenters. The third-order valence-electron chi connectivity index (χ3n) is 2.95. The largest absolute Gasteiger partial charge is 0.481 e. The van der Waals surface area contributed by atoms with Crippen molar-refractivity contribution in [2.45, 2.75) is 25.5 Å². The number of pyridine rings is 1. The molecule has 1 aromatic heterocycles. The van der Waals surface area contributed by atoms with Gasteiger partial charge in [0.25, 0.3) is 0 Å². The molecule has 1 aliphatic rings. The summed E-state index contributed by atoms with van der Waals surface area (Å²) in [5.74, 6) is 0.566. The molecule has 0 spiro atoms. The molecule has 1 aliphatic heterocycles. The second kappa shape index (κ2) is 5.18. The molecular weight excluding hydrogens is 238 g/mol. The van der Waals surface area contributed by atoms with E-state index in [1.807, 2.05) is 6.92 Å². The minimum absolute atomic E-state index is 0.0117. The third-order valence-corrected chi connectivity index (χ3v) is 2.95. The van der Waals surface area contributed by atoms with Crippen molar-refractivity contribution >= 4 is 11.5 Å². The third kappa shape index (κ3) is 2.51. The maximum Gasteiger partial charge on any atom is 0.311 e. The molecule has 0 aliphatic carbocycles. The first kappa shape index (κ1) is 12.6. The smallest absolute Gasteiger partial charge is 0.311 e. The Balaban J connectivity index is 2.25. The molecule has 2 rings (SSSR count). The van der Waals surface area contributed by atoms with E-state index in [-0.39, 0.29) is 23.7 Å². The molecule has 1 saturated heterocycles. The van der Waals surface area contributed by atoms with Crippen molar-refractivity contribution < 1.29 is 14.4 Å². The minimum atomic E-state index is -0.463. The Hall–Kier alpha value is -1.89. The maximum absolute atomic E-state index is 10.9. The van der Waals surface area contributed by atoms with Gasteiger partial charge < -0.3 is 14.8 Å². The van der Waals surface area contributed by atoms with Crippen LogP contribution in [0.15, 0.2) is 12.1 Å². The van der Waals surface area contributed by atoms with Gasteiger partial charge in [-0.2, -0.15) is 4.98 Å². The fraction of sp³-hybridized carbons (Fsp3) is 0.545. The Labute approximate surface area is 104 Å². The molecule has 18 heavy (non-hydrogen) atoms. The standard InChI is InChI=1S/C11H15N3O4/c1-7-8(5-6-18-7)12-11-9(14(15)16)3-4-10(13-11)17-2/h3-4,7-8H,5-6H2,1-2H3,(H,12,13). The lowest BCUT2D eigenvalue weighted by atomic mass is 10.1. The van der Waals surface area contributed by atoms with Crippen LogP contribution in [0.5, 0.6) is 5.88 Å². The summed E-state index contributed by atoms with van der Waals surface area (Å²) in [5, 5.41) is 14.0. The zero-order chi connectivity index (χ0) is 13.1. The number of aromatic nitrogens is 1. The number of methoxy groups -OCH3 is 1. The van der Waals surface area contributed by atoms with Crippen LogP contribution in [0, 0.1) is 10.1 Å². The Kier molecular flexibility index (Phi) is 3.61. The van der Waals surface area contributed by atoms with Gasteiger partial charge >= 0.3 is 5.69 Å². The molecule has 1 N–H and O–H groups in total. The molecule has 0 bridgehead atoms. The van der Waals surface area contributed by atoms with Crippen molar-refractivity contribution in [3.63, 3.8) is 0 Å². The number of hydrogen-bond acceptors (Lipinski definition) is 6. The van der Waals surface area contributed by atoms with E-state index in [0.29, 0.717) is 12.5 Å². The van der Waals surface area contributed by atoms with Crippen LogP contribution in [0.1, 0.15) is 13.3 Å². The molecule has 0 saturated carbocycles. The summed E-state index contributed by atoms with van der Waals surface area (Å²) in [4.78, 5) is 14.5. The number of nitrogens with one attached hydrogen (secondary N) is 1. The zero-order valence-electron chi connectivity index (χ0n) is 10.3. The molecule has 0 radical (unpaired) electrons. The highest BCUT2D eigenvalue weighted by Crippen LogP contribution is 2.27. The van der Waals surface area contributed by atoms with Crippen LogP contribution in [0.25, 0.3) is 0 Å². The molecule has 1 aromatic rings. The summed E-state index contributed by atoms with van der Waals surface area (Å²) in [5.41, 5.74) is -0.0603. The van der Waals surface area contributed by atoms with Gasteiger partial charge in [-0.15, -0.1) is 0 Å². The van der Waals surface area contributed by atoms with Crippen LogP contribution < -0.4 is 10.1 Å². The number of nitro groups is 1. The SMILES string of the molecule is COc1ccc([N+](=O)[O-])c(NC2CCOC2C)n1. The topological polar surface area (TPSA) is 86.5 Å². The number of hydrogen-bond donors (Lipinski definition) is 1. The lowest BCUT2D eigenvalue weighted by Gasteiger charge is -2.16. The van der Waals surface area contributed by atoms with Gasteiger partial charge in [0.1, 0.15) is 0 Å². The van der Waals surface area contributed by atoms with Crippen molar-refractivity contribution in [2.75, 3.05) is 19.0 Å². The molecule has 0 amide bonds. The first-order valence-electron chi connectivity index (χ1n) is 5.69. The second-order valence-electron chi connectivity index (χ2n) is 4.09. The van der Waals surface area contributed by atoms with Gasteiger partial charge in [0, 0.05) is 18.7 Å². The van der Waals surface area contributed by atoms with Crippen LogP contribution >= 0.6 is 0 Å². The molecule has 7 heteroatoms. The van der Waals surface area contributed by atoms with Crippen molar-refractivity contribution in [1.82, 2.24) is 4.98 Å². The van der Waals surface area contributed by atoms with Gasteiger partial charge in [-0.1, -0.05) is 0 Å². The van der Waals surface area contributed by atoms with E-state index in [2.05, 4.69) is 10.3 Å².